The minimum atomic E-state index is -3.71. The first-order valence-corrected chi connectivity index (χ1v) is 9.36. The molecule has 1 saturated heterocycles. The van der Waals surface area contributed by atoms with Gasteiger partial charge in [-0.25, -0.2) is 13.4 Å². The first kappa shape index (κ1) is 18.0. The van der Waals surface area contributed by atoms with Crippen LogP contribution >= 0.6 is 0 Å². The van der Waals surface area contributed by atoms with Gasteiger partial charge in [0.1, 0.15) is 5.56 Å². The van der Waals surface area contributed by atoms with Crippen molar-refractivity contribution in [3.8, 4) is 0 Å². The van der Waals surface area contributed by atoms with E-state index >= 15 is 0 Å². The number of amides is 1. The van der Waals surface area contributed by atoms with Crippen LogP contribution in [0.4, 0.5) is 5.69 Å². The number of carbonyl (C=O) groups excluding carboxylic acids is 1. The Morgan fingerprint density at radius 1 is 1.19 bits per heavy atom. The highest BCUT2D eigenvalue weighted by molar-refractivity contribution is 7.89. The minimum Gasteiger partial charge on any atom is -0.337 e. The molecule has 0 atom stereocenters. The van der Waals surface area contributed by atoms with Crippen LogP contribution in [0.5, 0.6) is 0 Å². The average molecular weight is 379 g/mol. The SMILES string of the molecule is O=C(c1ccccc1[N+](=O)[O-])N1CCCN(S(=O)(=O)c2cnc[nH]2)CC1. The van der Waals surface area contributed by atoms with Crippen molar-refractivity contribution in [1.29, 1.82) is 0 Å². The molecule has 0 saturated carbocycles. The van der Waals surface area contributed by atoms with Crippen LogP contribution in [-0.2, 0) is 10.0 Å². The zero-order chi connectivity index (χ0) is 18.7. The third kappa shape index (κ3) is 3.44. The molecule has 0 radical (unpaired) electrons. The second-order valence-electron chi connectivity index (χ2n) is 5.74. The molecule has 11 heteroatoms. The Bertz CT molecular complexity index is 912. The van der Waals surface area contributed by atoms with Crippen LogP contribution in [-0.4, -0.2) is 64.6 Å². The summed E-state index contributed by atoms with van der Waals surface area (Å²) in [7, 11) is -3.71. The second kappa shape index (κ2) is 7.22. The molecule has 1 aliphatic heterocycles. The third-order valence-electron chi connectivity index (χ3n) is 4.16. The van der Waals surface area contributed by atoms with Gasteiger partial charge in [-0.3, -0.25) is 14.9 Å². The van der Waals surface area contributed by atoms with Gasteiger partial charge in [-0.1, -0.05) is 12.1 Å². The Hall–Kier alpha value is -2.79. The number of sulfonamides is 1. The minimum absolute atomic E-state index is 0.00220. The molecular weight excluding hydrogens is 362 g/mol. The summed E-state index contributed by atoms with van der Waals surface area (Å²) in [4.78, 5) is 31.0. The van der Waals surface area contributed by atoms with Crippen molar-refractivity contribution >= 4 is 21.6 Å². The van der Waals surface area contributed by atoms with Crippen molar-refractivity contribution in [2.45, 2.75) is 11.4 Å². The Kier molecular flexibility index (Phi) is 5.00. The lowest BCUT2D eigenvalue weighted by Crippen LogP contribution is -2.37. The van der Waals surface area contributed by atoms with Crippen LogP contribution < -0.4 is 0 Å². The molecule has 0 bridgehead atoms. The number of aromatic nitrogens is 2. The summed E-state index contributed by atoms with van der Waals surface area (Å²) in [6.07, 6.45) is 2.95. The normalized spacial score (nSPS) is 16.2. The van der Waals surface area contributed by atoms with Crippen LogP contribution in [0.3, 0.4) is 0 Å². The number of nitro benzene ring substituents is 1. The molecule has 1 N–H and O–H groups in total. The highest BCUT2D eigenvalue weighted by Crippen LogP contribution is 2.21. The Morgan fingerprint density at radius 2 is 1.96 bits per heavy atom. The average Bonchev–Trinajstić information content (AvgIpc) is 3.06. The van der Waals surface area contributed by atoms with E-state index in [1.165, 1.54) is 39.9 Å². The van der Waals surface area contributed by atoms with Gasteiger partial charge in [0.15, 0.2) is 5.03 Å². The third-order valence-corrected chi connectivity index (χ3v) is 5.99. The van der Waals surface area contributed by atoms with E-state index in [2.05, 4.69) is 9.97 Å². The van der Waals surface area contributed by atoms with Crippen LogP contribution in [0.15, 0.2) is 41.8 Å². The largest absolute Gasteiger partial charge is 0.337 e. The molecular formula is C15H17N5O5S. The number of rotatable bonds is 4. The Labute approximate surface area is 149 Å². The molecule has 2 aromatic rings. The van der Waals surface area contributed by atoms with Gasteiger partial charge >= 0.3 is 0 Å². The highest BCUT2D eigenvalue weighted by Gasteiger charge is 2.31. The number of hydrogen-bond donors (Lipinski definition) is 1. The number of H-pyrrole nitrogens is 1. The number of nitrogens with zero attached hydrogens (tertiary/aromatic N) is 4. The van der Waals surface area contributed by atoms with Gasteiger partial charge in [0.2, 0.25) is 0 Å². The molecule has 10 nitrogen and oxygen atoms in total. The highest BCUT2D eigenvalue weighted by atomic mass is 32.2. The van der Waals surface area contributed by atoms with E-state index in [1.807, 2.05) is 0 Å². The topological polar surface area (TPSA) is 130 Å². The Morgan fingerprint density at radius 3 is 2.65 bits per heavy atom. The van der Waals surface area contributed by atoms with Gasteiger partial charge in [0.25, 0.3) is 21.6 Å². The number of nitro groups is 1. The zero-order valence-corrected chi connectivity index (χ0v) is 14.6. The molecule has 2 heterocycles. The summed E-state index contributed by atoms with van der Waals surface area (Å²) in [5, 5.41) is 11.1. The van der Waals surface area contributed by atoms with Gasteiger partial charge < -0.3 is 9.88 Å². The smallest absolute Gasteiger partial charge is 0.282 e. The van der Waals surface area contributed by atoms with Crippen molar-refractivity contribution in [2.75, 3.05) is 26.2 Å². The van der Waals surface area contributed by atoms with E-state index in [1.54, 1.807) is 6.07 Å². The molecule has 138 valence electrons. The molecule has 0 spiro atoms. The van der Waals surface area contributed by atoms with E-state index in [0.717, 1.165) is 0 Å². The maximum absolute atomic E-state index is 12.7. The summed E-state index contributed by atoms with van der Waals surface area (Å²) in [6.45, 7) is 0.827. The molecule has 1 aromatic carbocycles. The van der Waals surface area contributed by atoms with Crippen LogP contribution in [0.25, 0.3) is 0 Å². The quantitative estimate of drug-likeness (QED) is 0.619. The van der Waals surface area contributed by atoms with Crippen molar-refractivity contribution in [3.63, 3.8) is 0 Å². The predicted molar refractivity (Wildman–Crippen MR) is 91.0 cm³/mol. The van der Waals surface area contributed by atoms with E-state index in [9.17, 15) is 23.3 Å². The summed E-state index contributed by atoms with van der Waals surface area (Å²) < 4.78 is 26.4. The lowest BCUT2D eigenvalue weighted by molar-refractivity contribution is -0.385. The molecule has 1 aliphatic rings. The summed E-state index contributed by atoms with van der Waals surface area (Å²) in [5.74, 6) is -0.474. The predicted octanol–water partition coefficient (Wildman–Crippen LogP) is 0.855. The summed E-state index contributed by atoms with van der Waals surface area (Å²) in [5.41, 5.74) is -0.258. The molecule has 0 unspecified atom stereocenters. The number of imidazole rings is 1. The Balaban J connectivity index is 1.77. The number of nitrogens with one attached hydrogen (secondary N) is 1. The maximum Gasteiger partial charge on any atom is 0.282 e. The van der Waals surface area contributed by atoms with Crippen molar-refractivity contribution in [3.05, 3.63) is 52.5 Å². The number of hydrogen-bond acceptors (Lipinski definition) is 6. The fraction of sp³-hybridized carbons (Fsp3) is 0.333. The van der Waals surface area contributed by atoms with Gasteiger partial charge in [-0.05, 0) is 12.5 Å². The van der Waals surface area contributed by atoms with Crippen molar-refractivity contribution < 1.29 is 18.1 Å². The van der Waals surface area contributed by atoms with Gasteiger partial charge in [0.05, 0.1) is 17.4 Å². The molecule has 1 aromatic heterocycles. The van der Waals surface area contributed by atoms with E-state index in [-0.39, 0.29) is 35.9 Å². The first-order valence-electron chi connectivity index (χ1n) is 7.92. The lowest BCUT2D eigenvalue weighted by Gasteiger charge is -2.21. The van der Waals surface area contributed by atoms with Crippen LogP contribution in [0, 0.1) is 10.1 Å². The molecule has 1 fully saturated rings. The maximum atomic E-state index is 12.7. The number of aromatic amines is 1. The van der Waals surface area contributed by atoms with E-state index in [4.69, 9.17) is 0 Å². The fourth-order valence-electron chi connectivity index (χ4n) is 2.84. The summed E-state index contributed by atoms with van der Waals surface area (Å²) in [6, 6.07) is 5.74. The number of benzene rings is 1. The standard InChI is InChI=1S/C15H17N5O5S/c21-15(12-4-1-2-5-13(12)20(22)23)18-6-3-7-19(9-8-18)26(24,25)14-10-16-11-17-14/h1-2,4-5,10-11H,3,6-9H2,(H,16,17). The van der Waals surface area contributed by atoms with Crippen LogP contribution in [0.2, 0.25) is 0 Å². The first-order chi connectivity index (χ1) is 12.4. The number of carbonyl (C=O) groups is 1. The van der Waals surface area contributed by atoms with Crippen molar-refractivity contribution in [2.24, 2.45) is 0 Å². The second-order valence-corrected chi connectivity index (χ2v) is 7.65. The molecule has 1 amide bonds. The molecule has 3 rings (SSSR count). The molecule has 0 aliphatic carbocycles. The van der Waals surface area contributed by atoms with Gasteiger partial charge in [-0.2, -0.15) is 4.31 Å². The lowest BCUT2D eigenvalue weighted by atomic mass is 10.1. The van der Waals surface area contributed by atoms with E-state index in [0.29, 0.717) is 13.0 Å². The fourth-order valence-corrected chi connectivity index (χ4v) is 4.21. The van der Waals surface area contributed by atoms with E-state index < -0.39 is 20.9 Å². The monoisotopic (exact) mass is 379 g/mol. The van der Waals surface area contributed by atoms with Gasteiger partial charge in [0, 0.05) is 32.2 Å². The van der Waals surface area contributed by atoms with Crippen LogP contribution in [0.1, 0.15) is 16.8 Å². The zero-order valence-electron chi connectivity index (χ0n) is 13.7. The number of para-hydroxylation sites is 1. The van der Waals surface area contributed by atoms with Gasteiger partial charge in [-0.15, -0.1) is 0 Å². The molecule has 26 heavy (non-hydrogen) atoms. The van der Waals surface area contributed by atoms with Crippen molar-refractivity contribution in [1.82, 2.24) is 19.2 Å². The summed E-state index contributed by atoms with van der Waals surface area (Å²) >= 11 is 0.